The van der Waals surface area contributed by atoms with Gasteiger partial charge >= 0.3 is 5.97 Å². The first-order valence-corrected chi connectivity index (χ1v) is 12.5. The standard InChI is InChI=1S/C26H25N3O5S/c1-16-13-17(2)15-20(14-16)28-25(30)23(19-9-5-4-6-10-19)34-26(31)18(3)27-24-21-11-7-8-12-22(21)35(32,33)29-24/h4-15,18,23H,1-3H3,(H,27,29)(H,28,30)/t18-,23+/m1/s1. The number of esters is 1. The summed E-state index contributed by atoms with van der Waals surface area (Å²) < 4.78 is 32.6. The van der Waals surface area contributed by atoms with Crippen molar-refractivity contribution in [3.63, 3.8) is 0 Å². The highest BCUT2D eigenvalue weighted by atomic mass is 32.2. The number of amides is 1. The second kappa shape index (κ2) is 9.71. The van der Waals surface area contributed by atoms with Gasteiger partial charge < -0.3 is 10.1 Å². The van der Waals surface area contributed by atoms with Gasteiger partial charge in [0.25, 0.3) is 15.9 Å². The molecule has 0 unspecified atom stereocenters. The summed E-state index contributed by atoms with van der Waals surface area (Å²) in [4.78, 5) is 30.5. The molecule has 4 rings (SSSR count). The third-order valence-corrected chi connectivity index (χ3v) is 6.79. The van der Waals surface area contributed by atoms with Crippen molar-refractivity contribution in [2.24, 2.45) is 4.99 Å². The molecule has 180 valence electrons. The summed E-state index contributed by atoms with van der Waals surface area (Å²) in [5.74, 6) is -1.23. The molecular formula is C26H25N3O5S. The minimum atomic E-state index is -3.74. The first kappa shape index (κ1) is 24.2. The van der Waals surface area contributed by atoms with Crippen molar-refractivity contribution in [1.82, 2.24) is 4.72 Å². The van der Waals surface area contributed by atoms with E-state index in [-0.39, 0.29) is 10.7 Å². The third kappa shape index (κ3) is 5.41. The van der Waals surface area contributed by atoms with Crippen LogP contribution in [0.4, 0.5) is 5.69 Å². The highest BCUT2D eigenvalue weighted by Gasteiger charge is 2.32. The molecule has 8 nitrogen and oxygen atoms in total. The van der Waals surface area contributed by atoms with E-state index in [0.717, 1.165) is 11.1 Å². The Balaban J connectivity index is 1.57. The number of anilines is 1. The number of rotatable bonds is 6. The van der Waals surface area contributed by atoms with Crippen molar-refractivity contribution in [3.8, 4) is 0 Å². The van der Waals surface area contributed by atoms with E-state index in [0.29, 0.717) is 16.8 Å². The summed E-state index contributed by atoms with van der Waals surface area (Å²) in [5, 5.41) is 2.82. The van der Waals surface area contributed by atoms with Crippen molar-refractivity contribution < 1.29 is 22.7 Å². The number of nitrogens with one attached hydrogen (secondary N) is 2. The summed E-state index contributed by atoms with van der Waals surface area (Å²) in [5.41, 5.74) is 3.43. The maximum absolute atomic E-state index is 13.2. The van der Waals surface area contributed by atoms with Crippen LogP contribution < -0.4 is 10.0 Å². The fourth-order valence-corrected chi connectivity index (χ4v) is 5.09. The Kier molecular flexibility index (Phi) is 6.70. The van der Waals surface area contributed by atoms with Crippen LogP contribution >= 0.6 is 0 Å². The first-order valence-electron chi connectivity index (χ1n) is 11.0. The highest BCUT2D eigenvalue weighted by Crippen LogP contribution is 2.25. The number of ether oxygens (including phenoxy) is 1. The Bertz CT molecular complexity index is 1400. The van der Waals surface area contributed by atoms with Gasteiger partial charge in [-0.3, -0.25) is 14.5 Å². The van der Waals surface area contributed by atoms with Gasteiger partial charge in [0.1, 0.15) is 11.9 Å². The fraction of sp³-hybridized carbons (Fsp3) is 0.192. The summed E-state index contributed by atoms with van der Waals surface area (Å²) in [6, 6.07) is 19.6. The van der Waals surface area contributed by atoms with Crippen LogP contribution in [0, 0.1) is 13.8 Å². The lowest BCUT2D eigenvalue weighted by Gasteiger charge is -2.20. The molecule has 0 radical (unpaired) electrons. The summed E-state index contributed by atoms with van der Waals surface area (Å²) in [6.45, 7) is 5.33. The number of hydrogen-bond donors (Lipinski definition) is 2. The Morgan fingerprint density at radius 2 is 1.57 bits per heavy atom. The van der Waals surface area contributed by atoms with Gasteiger partial charge in [-0.05, 0) is 56.2 Å². The molecular weight excluding hydrogens is 466 g/mol. The summed E-state index contributed by atoms with van der Waals surface area (Å²) in [6.07, 6.45) is -1.22. The van der Waals surface area contributed by atoms with Crippen LogP contribution in [0.25, 0.3) is 0 Å². The highest BCUT2D eigenvalue weighted by molar-refractivity contribution is 7.90. The van der Waals surface area contributed by atoms with E-state index in [1.807, 2.05) is 32.0 Å². The van der Waals surface area contributed by atoms with Crippen LogP contribution in [0.5, 0.6) is 0 Å². The molecule has 3 aromatic carbocycles. The SMILES string of the molecule is Cc1cc(C)cc(NC(=O)[C@@H](OC(=O)[C@@H](C)N=C2NS(=O)(=O)c3ccccc32)c2ccccc2)c1. The van der Waals surface area contributed by atoms with E-state index in [1.165, 1.54) is 13.0 Å². The molecule has 0 saturated carbocycles. The molecule has 3 aromatic rings. The van der Waals surface area contributed by atoms with Gasteiger partial charge in [-0.1, -0.05) is 48.5 Å². The number of nitrogens with zero attached hydrogens (tertiary/aromatic N) is 1. The zero-order chi connectivity index (χ0) is 25.2. The topological polar surface area (TPSA) is 114 Å². The van der Waals surface area contributed by atoms with Crippen LogP contribution in [0.15, 0.2) is 82.7 Å². The average molecular weight is 492 g/mol. The molecule has 1 heterocycles. The van der Waals surface area contributed by atoms with Crippen LogP contribution in [0.1, 0.15) is 35.3 Å². The van der Waals surface area contributed by atoms with Crippen molar-refractivity contribution in [1.29, 1.82) is 0 Å². The van der Waals surface area contributed by atoms with Crippen LogP contribution in [0.2, 0.25) is 0 Å². The monoisotopic (exact) mass is 491 g/mol. The lowest BCUT2D eigenvalue weighted by Crippen LogP contribution is -2.31. The number of amidine groups is 1. The van der Waals surface area contributed by atoms with Crippen LogP contribution in [0.3, 0.4) is 0 Å². The molecule has 0 fully saturated rings. The number of benzene rings is 3. The molecule has 0 aliphatic carbocycles. The number of sulfonamides is 1. The Morgan fingerprint density at radius 1 is 0.943 bits per heavy atom. The predicted molar refractivity (Wildman–Crippen MR) is 133 cm³/mol. The van der Waals surface area contributed by atoms with Crippen LogP contribution in [-0.2, 0) is 24.3 Å². The summed E-state index contributed by atoms with van der Waals surface area (Å²) >= 11 is 0. The number of fused-ring (bicyclic) bond motifs is 1. The minimum absolute atomic E-state index is 0.0565. The van der Waals surface area contributed by atoms with Crippen molar-refractivity contribution in [3.05, 3.63) is 95.1 Å². The van der Waals surface area contributed by atoms with E-state index in [2.05, 4.69) is 15.0 Å². The van der Waals surface area contributed by atoms with E-state index in [4.69, 9.17) is 4.74 Å². The van der Waals surface area contributed by atoms with Crippen molar-refractivity contribution in [2.45, 2.75) is 37.8 Å². The number of aliphatic imine (C=N–C) groups is 1. The minimum Gasteiger partial charge on any atom is -0.446 e. The molecule has 0 aromatic heterocycles. The van der Waals surface area contributed by atoms with Gasteiger partial charge in [-0.25, -0.2) is 13.2 Å². The van der Waals surface area contributed by atoms with E-state index in [1.54, 1.807) is 48.5 Å². The fourth-order valence-electron chi connectivity index (χ4n) is 3.85. The lowest BCUT2D eigenvalue weighted by molar-refractivity contribution is -0.155. The molecule has 0 bridgehead atoms. The van der Waals surface area contributed by atoms with Crippen LogP contribution in [-0.4, -0.2) is 32.2 Å². The first-order chi connectivity index (χ1) is 16.6. The number of hydrogen-bond acceptors (Lipinski definition) is 6. The molecule has 9 heteroatoms. The Morgan fingerprint density at radius 3 is 2.26 bits per heavy atom. The molecule has 2 atom stereocenters. The molecule has 1 amide bonds. The molecule has 0 saturated heterocycles. The maximum Gasteiger partial charge on any atom is 0.331 e. The number of carbonyl (C=O) groups excluding carboxylic acids is 2. The second-order valence-corrected chi connectivity index (χ2v) is 10.00. The third-order valence-electron chi connectivity index (χ3n) is 5.39. The molecule has 1 aliphatic heterocycles. The van der Waals surface area contributed by atoms with Gasteiger partial charge in [0.05, 0.1) is 4.90 Å². The lowest BCUT2D eigenvalue weighted by atomic mass is 10.1. The van der Waals surface area contributed by atoms with Gasteiger partial charge in [-0.2, -0.15) is 0 Å². The largest absolute Gasteiger partial charge is 0.446 e. The normalized spacial score (nSPS) is 16.6. The zero-order valence-electron chi connectivity index (χ0n) is 19.5. The second-order valence-electron chi connectivity index (χ2n) is 8.35. The molecule has 2 N–H and O–H groups in total. The summed E-state index contributed by atoms with van der Waals surface area (Å²) in [7, 11) is -3.74. The van der Waals surface area contributed by atoms with E-state index in [9.17, 15) is 18.0 Å². The van der Waals surface area contributed by atoms with Crippen molar-refractivity contribution >= 4 is 33.4 Å². The quantitative estimate of drug-likeness (QED) is 0.511. The van der Waals surface area contributed by atoms with E-state index < -0.39 is 34.0 Å². The smallest absolute Gasteiger partial charge is 0.331 e. The van der Waals surface area contributed by atoms with E-state index >= 15 is 0 Å². The van der Waals surface area contributed by atoms with Crippen molar-refractivity contribution in [2.75, 3.05) is 5.32 Å². The number of carbonyl (C=O) groups is 2. The van der Waals surface area contributed by atoms with Gasteiger partial charge in [0.2, 0.25) is 6.10 Å². The number of aryl methyl sites for hydroxylation is 2. The molecule has 0 spiro atoms. The predicted octanol–water partition coefficient (Wildman–Crippen LogP) is 3.65. The Labute approximate surface area is 204 Å². The Hall–Kier alpha value is -3.98. The molecule has 35 heavy (non-hydrogen) atoms. The maximum atomic E-state index is 13.2. The van der Waals surface area contributed by atoms with Gasteiger partial charge in [-0.15, -0.1) is 0 Å². The van der Waals surface area contributed by atoms with Gasteiger partial charge in [0.15, 0.2) is 0 Å². The van der Waals surface area contributed by atoms with Gasteiger partial charge in [0, 0.05) is 16.8 Å². The molecule has 1 aliphatic rings. The zero-order valence-corrected chi connectivity index (χ0v) is 20.3. The average Bonchev–Trinajstić information content (AvgIpc) is 3.07.